The number of rotatable bonds is 7. The molecule has 1 heterocycles. The van der Waals surface area contributed by atoms with Crippen LogP contribution in [0.2, 0.25) is 0 Å². The molecule has 0 spiro atoms. The number of carbonyl (C=O) groups is 1. The molecule has 25 heavy (non-hydrogen) atoms. The lowest BCUT2D eigenvalue weighted by Crippen LogP contribution is -2.35. The Morgan fingerprint density at radius 1 is 1.28 bits per heavy atom. The van der Waals surface area contributed by atoms with Crippen LogP contribution >= 0.6 is 0 Å². The van der Waals surface area contributed by atoms with Crippen molar-refractivity contribution in [3.63, 3.8) is 0 Å². The highest BCUT2D eigenvalue weighted by atomic mass is 19.3. The first-order valence-electron chi connectivity index (χ1n) is 8.00. The van der Waals surface area contributed by atoms with Crippen molar-refractivity contribution in [2.45, 2.75) is 38.5 Å². The Balaban J connectivity index is 1.97. The predicted octanol–water partition coefficient (Wildman–Crippen LogP) is 4.26. The van der Waals surface area contributed by atoms with Gasteiger partial charge in [0.1, 0.15) is 5.76 Å². The molecule has 1 saturated carbocycles. The van der Waals surface area contributed by atoms with Crippen molar-refractivity contribution < 1.29 is 27.5 Å². The maximum Gasteiger partial charge on any atom is 0.387 e. The monoisotopic (exact) mass is 351 g/mol. The topological polar surface area (TPSA) is 51.9 Å². The molecule has 0 saturated heterocycles. The average molecular weight is 351 g/mol. The van der Waals surface area contributed by atoms with Gasteiger partial charge in [-0.25, -0.2) is 0 Å². The van der Waals surface area contributed by atoms with E-state index in [2.05, 4.69) is 4.74 Å². The van der Waals surface area contributed by atoms with Crippen LogP contribution < -0.4 is 9.47 Å². The van der Waals surface area contributed by atoms with Gasteiger partial charge in [0, 0.05) is 6.04 Å². The molecule has 0 N–H and O–H groups in total. The minimum absolute atomic E-state index is 0.0463. The Bertz CT molecular complexity index is 729. The maximum atomic E-state index is 13.1. The van der Waals surface area contributed by atoms with Crippen LogP contribution in [0.15, 0.2) is 41.0 Å². The van der Waals surface area contributed by atoms with Crippen molar-refractivity contribution in [1.82, 2.24) is 4.90 Å². The van der Waals surface area contributed by atoms with Crippen molar-refractivity contribution in [3.8, 4) is 11.5 Å². The number of ether oxygens (including phenoxy) is 2. The summed E-state index contributed by atoms with van der Waals surface area (Å²) >= 11 is 0. The third-order valence-electron chi connectivity index (χ3n) is 4.18. The molecular formula is C18H19F2NO4. The van der Waals surface area contributed by atoms with Gasteiger partial charge in [-0.15, -0.1) is 0 Å². The van der Waals surface area contributed by atoms with E-state index in [9.17, 15) is 13.6 Å². The van der Waals surface area contributed by atoms with E-state index in [1.165, 1.54) is 25.5 Å². The molecule has 1 fully saturated rings. The van der Waals surface area contributed by atoms with Gasteiger partial charge in [-0.3, -0.25) is 4.79 Å². The van der Waals surface area contributed by atoms with Crippen molar-refractivity contribution in [3.05, 3.63) is 47.9 Å². The molecule has 1 aliphatic carbocycles. The Labute approximate surface area is 144 Å². The van der Waals surface area contributed by atoms with Gasteiger partial charge in [0.15, 0.2) is 11.5 Å². The first-order valence-corrected chi connectivity index (χ1v) is 8.00. The Hall–Kier alpha value is -2.57. The van der Waals surface area contributed by atoms with Crippen LogP contribution in [0.5, 0.6) is 11.5 Å². The smallest absolute Gasteiger partial charge is 0.387 e. The highest BCUT2D eigenvalue weighted by Crippen LogP contribution is 2.39. The van der Waals surface area contributed by atoms with Crippen LogP contribution in [0.3, 0.4) is 0 Å². The average Bonchev–Trinajstić information content (AvgIpc) is 3.26. The van der Waals surface area contributed by atoms with Crippen LogP contribution in [-0.4, -0.2) is 30.6 Å². The molecule has 7 heteroatoms. The lowest BCUT2D eigenvalue weighted by molar-refractivity contribution is -0.0517. The number of nitrogens with zero attached hydrogens (tertiary/aromatic N) is 1. The van der Waals surface area contributed by atoms with Crippen LogP contribution in [0.25, 0.3) is 0 Å². The van der Waals surface area contributed by atoms with Crippen LogP contribution in [0.1, 0.15) is 41.9 Å². The number of halogens is 2. The SMILES string of the molecule is COc1cccc(C(=O)N(C2CC2)C(C)c2ccco2)c1OC(F)F. The molecule has 2 aromatic rings. The maximum absolute atomic E-state index is 13.1. The van der Waals surface area contributed by atoms with E-state index in [-0.39, 0.29) is 35.1 Å². The summed E-state index contributed by atoms with van der Waals surface area (Å²) < 4.78 is 40.7. The number of alkyl halides is 2. The van der Waals surface area contributed by atoms with E-state index < -0.39 is 6.61 Å². The predicted molar refractivity (Wildman–Crippen MR) is 85.9 cm³/mol. The third-order valence-corrected chi connectivity index (χ3v) is 4.18. The van der Waals surface area contributed by atoms with E-state index >= 15 is 0 Å². The largest absolute Gasteiger partial charge is 0.493 e. The zero-order valence-corrected chi connectivity index (χ0v) is 13.9. The lowest BCUT2D eigenvalue weighted by atomic mass is 10.1. The van der Waals surface area contributed by atoms with E-state index in [0.29, 0.717) is 5.76 Å². The molecule has 1 aliphatic rings. The molecule has 0 bridgehead atoms. The fourth-order valence-corrected chi connectivity index (χ4v) is 2.87. The second-order valence-electron chi connectivity index (χ2n) is 5.85. The molecule has 5 nitrogen and oxygen atoms in total. The Morgan fingerprint density at radius 3 is 2.60 bits per heavy atom. The first kappa shape index (κ1) is 17.3. The minimum Gasteiger partial charge on any atom is -0.493 e. The summed E-state index contributed by atoms with van der Waals surface area (Å²) in [5.41, 5.74) is 0.0463. The number of amides is 1. The van der Waals surface area contributed by atoms with E-state index in [0.717, 1.165) is 12.8 Å². The standard InChI is InChI=1S/C18H19F2NO4/c1-11(14-7-4-10-24-14)21(12-8-9-12)17(22)13-5-3-6-15(23-2)16(13)25-18(19)20/h3-7,10-12,18H,8-9H2,1-2H3. The second-order valence-corrected chi connectivity index (χ2v) is 5.85. The van der Waals surface area contributed by atoms with Gasteiger partial charge in [0.05, 0.1) is 25.0 Å². The van der Waals surface area contributed by atoms with Crippen molar-refractivity contribution in [1.29, 1.82) is 0 Å². The van der Waals surface area contributed by atoms with E-state index in [1.807, 2.05) is 6.92 Å². The van der Waals surface area contributed by atoms with Gasteiger partial charge < -0.3 is 18.8 Å². The molecule has 1 unspecified atom stereocenters. The molecule has 0 radical (unpaired) electrons. The van der Waals surface area contributed by atoms with Crippen LogP contribution in [0, 0.1) is 0 Å². The fourth-order valence-electron chi connectivity index (χ4n) is 2.87. The van der Waals surface area contributed by atoms with E-state index in [1.54, 1.807) is 23.1 Å². The number of benzene rings is 1. The molecule has 1 amide bonds. The summed E-state index contributed by atoms with van der Waals surface area (Å²) in [6.45, 7) is -1.21. The molecule has 134 valence electrons. The van der Waals surface area contributed by atoms with Gasteiger partial charge in [-0.1, -0.05) is 6.07 Å². The molecule has 1 aromatic heterocycles. The summed E-state index contributed by atoms with van der Waals surface area (Å²) in [5, 5.41) is 0. The summed E-state index contributed by atoms with van der Waals surface area (Å²) in [4.78, 5) is 14.8. The molecular weight excluding hydrogens is 332 g/mol. The number of para-hydroxylation sites is 1. The summed E-state index contributed by atoms with van der Waals surface area (Å²) in [5.74, 6) is 0.0928. The summed E-state index contributed by atoms with van der Waals surface area (Å²) in [6, 6.07) is 7.79. The van der Waals surface area contributed by atoms with Crippen LogP contribution in [0.4, 0.5) is 8.78 Å². The zero-order chi connectivity index (χ0) is 18.0. The first-order chi connectivity index (χ1) is 12.0. The van der Waals surface area contributed by atoms with Gasteiger partial charge in [-0.2, -0.15) is 8.78 Å². The fraction of sp³-hybridized carbons (Fsp3) is 0.389. The van der Waals surface area contributed by atoms with E-state index in [4.69, 9.17) is 9.15 Å². The van der Waals surface area contributed by atoms with Gasteiger partial charge in [0.2, 0.25) is 0 Å². The number of furan rings is 1. The Kier molecular flexibility index (Phi) is 4.92. The zero-order valence-electron chi connectivity index (χ0n) is 13.9. The molecule has 0 aliphatic heterocycles. The third kappa shape index (κ3) is 3.60. The number of methoxy groups -OCH3 is 1. The summed E-state index contributed by atoms with van der Waals surface area (Å²) in [6.07, 6.45) is 3.27. The molecule has 1 aromatic carbocycles. The number of carbonyl (C=O) groups excluding carboxylic acids is 1. The Morgan fingerprint density at radius 2 is 2.04 bits per heavy atom. The minimum atomic E-state index is -3.06. The highest BCUT2D eigenvalue weighted by Gasteiger charge is 2.39. The molecule has 3 rings (SSSR count). The lowest BCUT2D eigenvalue weighted by Gasteiger charge is -2.29. The van der Waals surface area contributed by atoms with Gasteiger partial charge >= 0.3 is 6.61 Å². The van der Waals surface area contributed by atoms with Crippen LogP contribution in [-0.2, 0) is 0 Å². The van der Waals surface area contributed by atoms with Gasteiger partial charge in [-0.05, 0) is 44.0 Å². The van der Waals surface area contributed by atoms with Gasteiger partial charge in [0.25, 0.3) is 5.91 Å². The normalized spacial score (nSPS) is 15.1. The number of hydrogen-bond donors (Lipinski definition) is 0. The van der Waals surface area contributed by atoms with Crippen molar-refractivity contribution >= 4 is 5.91 Å². The molecule has 1 atom stereocenters. The quantitative estimate of drug-likeness (QED) is 0.748. The van der Waals surface area contributed by atoms with Crippen molar-refractivity contribution in [2.24, 2.45) is 0 Å². The second kappa shape index (κ2) is 7.13. The van der Waals surface area contributed by atoms with Crippen molar-refractivity contribution in [2.75, 3.05) is 7.11 Å². The highest BCUT2D eigenvalue weighted by molar-refractivity contribution is 5.98. The summed E-state index contributed by atoms with van der Waals surface area (Å²) in [7, 11) is 1.34. The number of hydrogen-bond acceptors (Lipinski definition) is 4.